The number of aryl methyl sites for hydroxylation is 1. The van der Waals surface area contributed by atoms with E-state index in [1.54, 1.807) is 6.92 Å². The number of rotatable bonds is 2. The topological polar surface area (TPSA) is 45.2 Å². The van der Waals surface area contributed by atoms with Crippen LogP contribution >= 0.6 is 0 Å². The van der Waals surface area contributed by atoms with Crippen LogP contribution in [0.25, 0.3) is 0 Å². The number of amides is 1. The van der Waals surface area contributed by atoms with Gasteiger partial charge in [-0.1, -0.05) is 6.07 Å². The summed E-state index contributed by atoms with van der Waals surface area (Å²) in [6.45, 7) is 5.41. The highest BCUT2D eigenvalue weighted by molar-refractivity contribution is 5.73. The zero-order chi connectivity index (χ0) is 11.5. The highest BCUT2D eigenvalue weighted by Crippen LogP contribution is 2.17. The smallest absolute Gasteiger partial charge is 0.217 e. The summed E-state index contributed by atoms with van der Waals surface area (Å²) in [6.07, 6.45) is 2.87. The van der Waals surface area contributed by atoms with Gasteiger partial charge in [-0.15, -0.1) is 0 Å². The van der Waals surface area contributed by atoms with Gasteiger partial charge in [0.1, 0.15) is 5.82 Å². The van der Waals surface area contributed by atoms with E-state index in [1.807, 2.05) is 19.2 Å². The van der Waals surface area contributed by atoms with E-state index in [-0.39, 0.29) is 11.9 Å². The van der Waals surface area contributed by atoms with Crippen molar-refractivity contribution in [3.8, 4) is 0 Å². The van der Waals surface area contributed by atoms with E-state index in [2.05, 4.69) is 21.3 Å². The summed E-state index contributed by atoms with van der Waals surface area (Å²) < 4.78 is 0. The molecule has 16 heavy (non-hydrogen) atoms. The van der Waals surface area contributed by atoms with Crippen molar-refractivity contribution < 1.29 is 4.79 Å². The van der Waals surface area contributed by atoms with Crippen LogP contribution in [-0.4, -0.2) is 30.0 Å². The third kappa shape index (κ3) is 2.51. The van der Waals surface area contributed by atoms with Crippen molar-refractivity contribution >= 4 is 11.7 Å². The van der Waals surface area contributed by atoms with Gasteiger partial charge in [0, 0.05) is 32.3 Å². The lowest BCUT2D eigenvalue weighted by atomic mass is 10.2. The number of carbonyl (C=O) groups is 1. The fraction of sp³-hybridized carbons (Fsp3) is 0.500. The molecule has 1 amide bonds. The van der Waals surface area contributed by atoms with Gasteiger partial charge in [-0.2, -0.15) is 0 Å². The predicted octanol–water partition coefficient (Wildman–Crippen LogP) is 1.10. The van der Waals surface area contributed by atoms with Crippen LogP contribution in [0.5, 0.6) is 0 Å². The van der Waals surface area contributed by atoms with Crippen LogP contribution in [0.15, 0.2) is 18.3 Å². The molecule has 86 valence electrons. The summed E-state index contributed by atoms with van der Waals surface area (Å²) in [5.74, 6) is 1.04. The Morgan fingerprint density at radius 1 is 1.56 bits per heavy atom. The zero-order valence-corrected chi connectivity index (χ0v) is 9.73. The molecule has 0 aromatic carbocycles. The minimum absolute atomic E-state index is 0.0451. The number of hydrogen-bond acceptors (Lipinski definition) is 3. The van der Waals surface area contributed by atoms with Crippen molar-refractivity contribution in [3.05, 3.63) is 23.9 Å². The van der Waals surface area contributed by atoms with Crippen LogP contribution in [0, 0.1) is 6.92 Å². The Morgan fingerprint density at radius 3 is 3.00 bits per heavy atom. The van der Waals surface area contributed by atoms with Gasteiger partial charge >= 0.3 is 0 Å². The molecular weight excluding hydrogens is 202 g/mol. The van der Waals surface area contributed by atoms with Crippen LogP contribution in [-0.2, 0) is 4.79 Å². The molecule has 0 aliphatic carbocycles. The number of hydrogen-bond donors (Lipinski definition) is 1. The van der Waals surface area contributed by atoms with Crippen LogP contribution in [0.2, 0.25) is 0 Å². The lowest BCUT2D eigenvalue weighted by Crippen LogP contribution is -2.35. The quantitative estimate of drug-likeness (QED) is 0.810. The Morgan fingerprint density at radius 2 is 2.38 bits per heavy atom. The van der Waals surface area contributed by atoms with E-state index in [0.29, 0.717) is 0 Å². The Hall–Kier alpha value is -1.58. The Balaban J connectivity index is 1.98. The molecule has 0 bridgehead atoms. The highest BCUT2D eigenvalue weighted by Gasteiger charge is 2.23. The molecule has 1 atom stereocenters. The molecule has 1 fully saturated rings. The van der Waals surface area contributed by atoms with Crippen molar-refractivity contribution in [1.29, 1.82) is 0 Å². The first-order valence-corrected chi connectivity index (χ1v) is 5.60. The van der Waals surface area contributed by atoms with Crippen LogP contribution in [0.1, 0.15) is 18.9 Å². The lowest BCUT2D eigenvalue weighted by molar-refractivity contribution is -0.119. The molecule has 0 saturated carbocycles. The first-order valence-electron chi connectivity index (χ1n) is 5.60. The van der Waals surface area contributed by atoms with E-state index in [4.69, 9.17) is 0 Å². The maximum atomic E-state index is 10.9. The monoisotopic (exact) mass is 219 g/mol. The minimum Gasteiger partial charge on any atom is -0.354 e. The number of nitrogens with zero attached hydrogens (tertiary/aromatic N) is 2. The first-order chi connectivity index (χ1) is 7.65. The molecule has 2 heterocycles. The molecule has 1 aliphatic rings. The van der Waals surface area contributed by atoms with Gasteiger partial charge in [0.25, 0.3) is 0 Å². The number of carbonyl (C=O) groups excluding carboxylic acids is 1. The van der Waals surface area contributed by atoms with Crippen LogP contribution < -0.4 is 10.2 Å². The standard InChI is InChI=1S/C12H17N3O/c1-9-3-4-12(13-7-9)15-6-5-11(8-15)14-10(2)16/h3-4,7,11H,5-6,8H2,1-2H3,(H,14,16). The molecule has 1 aliphatic heterocycles. The molecule has 1 saturated heterocycles. The SMILES string of the molecule is CC(=O)NC1CCN(c2ccc(C)cn2)C1. The zero-order valence-electron chi connectivity index (χ0n) is 9.73. The Bertz CT molecular complexity index is 374. The average molecular weight is 219 g/mol. The molecule has 1 unspecified atom stereocenters. The Labute approximate surface area is 95.7 Å². The molecule has 1 aromatic heterocycles. The van der Waals surface area contributed by atoms with Crippen molar-refractivity contribution in [2.45, 2.75) is 26.3 Å². The molecule has 1 N–H and O–H groups in total. The summed E-state index contributed by atoms with van der Waals surface area (Å²) in [7, 11) is 0. The fourth-order valence-electron chi connectivity index (χ4n) is 2.02. The van der Waals surface area contributed by atoms with Gasteiger partial charge in [-0.25, -0.2) is 4.98 Å². The second kappa shape index (κ2) is 4.51. The third-order valence-corrected chi connectivity index (χ3v) is 2.82. The Kier molecular flexibility index (Phi) is 3.08. The number of pyridine rings is 1. The molecule has 0 spiro atoms. The normalized spacial score (nSPS) is 19.9. The summed E-state index contributed by atoms with van der Waals surface area (Å²) in [6, 6.07) is 4.36. The second-order valence-electron chi connectivity index (χ2n) is 4.33. The van der Waals surface area contributed by atoms with Crippen molar-refractivity contribution in [2.75, 3.05) is 18.0 Å². The van der Waals surface area contributed by atoms with Gasteiger partial charge < -0.3 is 10.2 Å². The van der Waals surface area contributed by atoms with Crippen molar-refractivity contribution in [1.82, 2.24) is 10.3 Å². The van der Waals surface area contributed by atoms with Crippen LogP contribution in [0.4, 0.5) is 5.82 Å². The number of aromatic nitrogens is 1. The van der Waals surface area contributed by atoms with Gasteiger partial charge in [0.15, 0.2) is 0 Å². The summed E-state index contributed by atoms with van der Waals surface area (Å²) >= 11 is 0. The molecule has 4 nitrogen and oxygen atoms in total. The van der Waals surface area contributed by atoms with Gasteiger partial charge in [0.05, 0.1) is 0 Å². The van der Waals surface area contributed by atoms with Gasteiger partial charge in [-0.3, -0.25) is 4.79 Å². The minimum atomic E-state index is 0.0451. The second-order valence-corrected chi connectivity index (χ2v) is 4.33. The van der Waals surface area contributed by atoms with Crippen molar-refractivity contribution in [3.63, 3.8) is 0 Å². The molecule has 1 aromatic rings. The third-order valence-electron chi connectivity index (χ3n) is 2.82. The van der Waals surface area contributed by atoms with E-state index in [1.165, 1.54) is 5.56 Å². The molecular formula is C12H17N3O. The molecule has 4 heteroatoms. The average Bonchev–Trinajstić information content (AvgIpc) is 2.66. The molecule has 2 rings (SSSR count). The van der Waals surface area contributed by atoms with E-state index >= 15 is 0 Å². The summed E-state index contributed by atoms with van der Waals surface area (Å²) in [4.78, 5) is 17.5. The maximum Gasteiger partial charge on any atom is 0.217 e. The first kappa shape index (κ1) is 10.9. The number of anilines is 1. The van der Waals surface area contributed by atoms with Gasteiger partial charge in [-0.05, 0) is 25.0 Å². The van der Waals surface area contributed by atoms with E-state index in [9.17, 15) is 4.79 Å². The largest absolute Gasteiger partial charge is 0.354 e. The fourth-order valence-corrected chi connectivity index (χ4v) is 2.02. The van der Waals surface area contributed by atoms with E-state index < -0.39 is 0 Å². The molecule has 0 radical (unpaired) electrons. The highest BCUT2D eigenvalue weighted by atomic mass is 16.1. The summed E-state index contributed by atoms with van der Waals surface area (Å²) in [5.41, 5.74) is 1.17. The van der Waals surface area contributed by atoms with E-state index in [0.717, 1.165) is 25.3 Å². The van der Waals surface area contributed by atoms with Crippen molar-refractivity contribution in [2.24, 2.45) is 0 Å². The lowest BCUT2D eigenvalue weighted by Gasteiger charge is -2.17. The summed E-state index contributed by atoms with van der Waals surface area (Å²) in [5, 5.41) is 2.94. The maximum absolute atomic E-state index is 10.9. The van der Waals surface area contributed by atoms with Gasteiger partial charge in [0.2, 0.25) is 5.91 Å². The number of nitrogens with one attached hydrogen (secondary N) is 1. The predicted molar refractivity (Wildman–Crippen MR) is 63.4 cm³/mol. The van der Waals surface area contributed by atoms with Crippen LogP contribution in [0.3, 0.4) is 0 Å².